The molecular weight excluding hydrogens is 391 g/mol. The molecule has 1 amide bonds. The van der Waals surface area contributed by atoms with Gasteiger partial charge in [-0.3, -0.25) is 4.79 Å². The molecule has 0 aliphatic heterocycles. The zero-order valence-corrected chi connectivity index (χ0v) is 15.7. The monoisotopic (exact) mass is 404 g/mol. The van der Waals surface area contributed by atoms with Gasteiger partial charge in [0.05, 0.1) is 17.2 Å². The molecule has 2 aromatic rings. The van der Waals surface area contributed by atoms with Gasteiger partial charge in [-0.25, -0.2) is 4.79 Å². The molecule has 0 spiro atoms. The first-order valence-electron chi connectivity index (χ1n) is 7.61. The fraction of sp³-hybridized carbons (Fsp3) is 0.105. The summed E-state index contributed by atoms with van der Waals surface area (Å²) in [7, 11) is 1.27. The quantitative estimate of drug-likeness (QED) is 0.444. The van der Waals surface area contributed by atoms with Crippen molar-refractivity contribution in [2.24, 2.45) is 0 Å². The minimum atomic E-state index is -0.582. The Hall–Kier alpha value is -3.01. The molecule has 0 unspecified atom stereocenters. The number of methoxy groups -OCH3 is 1. The van der Waals surface area contributed by atoms with Gasteiger partial charge in [-0.05, 0) is 42.0 Å². The highest BCUT2D eigenvalue weighted by Gasteiger charge is 2.11. The summed E-state index contributed by atoms with van der Waals surface area (Å²) in [4.78, 5) is 23.3. The summed E-state index contributed by atoms with van der Waals surface area (Å²) >= 11 is 11.7. The highest BCUT2D eigenvalue weighted by atomic mass is 35.5. The van der Waals surface area contributed by atoms with E-state index in [1.165, 1.54) is 19.3 Å². The SMILES string of the molecule is COC(=O)COc1ccc(/C=C(\C#N)C(=O)Nc2ccc(Cl)c(Cl)c2)cc1. The Morgan fingerprint density at radius 1 is 1.15 bits per heavy atom. The third-order valence-corrected chi connectivity index (χ3v) is 4.06. The number of esters is 1. The number of hydrogen-bond acceptors (Lipinski definition) is 5. The summed E-state index contributed by atoms with van der Waals surface area (Å²) in [5.41, 5.74) is 0.938. The molecule has 0 atom stereocenters. The topological polar surface area (TPSA) is 88.4 Å². The average molecular weight is 405 g/mol. The number of benzene rings is 2. The number of amides is 1. The highest BCUT2D eigenvalue weighted by Crippen LogP contribution is 2.25. The number of halogens is 2. The molecule has 0 fully saturated rings. The third-order valence-electron chi connectivity index (χ3n) is 3.32. The smallest absolute Gasteiger partial charge is 0.343 e. The highest BCUT2D eigenvalue weighted by molar-refractivity contribution is 6.42. The van der Waals surface area contributed by atoms with E-state index < -0.39 is 11.9 Å². The van der Waals surface area contributed by atoms with Crippen LogP contribution in [-0.4, -0.2) is 25.6 Å². The van der Waals surface area contributed by atoms with Crippen LogP contribution < -0.4 is 10.1 Å². The Labute approximate surface area is 165 Å². The van der Waals surface area contributed by atoms with Crippen molar-refractivity contribution >= 4 is 46.8 Å². The van der Waals surface area contributed by atoms with Crippen LogP contribution in [0.1, 0.15) is 5.56 Å². The van der Waals surface area contributed by atoms with E-state index >= 15 is 0 Å². The molecule has 27 heavy (non-hydrogen) atoms. The van der Waals surface area contributed by atoms with Crippen LogP contribution in [-0.2, 0) is 14.3 Å². The van der Waals surface area contributed by atoms with Crippen LogP contribution in [0.3, 0.4) is 0 Å². The Morgan fingerprint density at radius 3 is 2.44 bits per heavy atom. The van der Waals surface area contributed by atoms with Gasteiger partial charge in [-0.1, -0.05) is 35.3 Å². The Bertz CT molecular complexity index is 918. The van der Waals surface area contributed by atoms with Crippen molar-refractivity contribution < 1.29 is 19.1 Å². The Morgan fingerprint density at radius 2 is 1.85 bits per heavy atom. The molecule has 2 aromatic carbocycles. The van der Waals surface area contributed by atoms with Gasteiger partial charge < -0.3 is 14.8 Å². The molecule has 0 bridgehead atoms. The molecule has 0 saturated heterocycles. The zero-order chi connectivity index (χ0) is 19.8. The van der Waals surface area contributed by atoms with Crippen molar-refractivity contribution in [2.45, 2.75) is 0 Å². The van der Waals surface area contributed by atoms with E-state index in [4.69, 9.17) is 27.9 Å². The van der Waals surface area contributed by atoms with E-state index in [1.54, 1.807) is 36.4 Å². The summed E-state index contributed by atoms with van der Waals surface area (Å²) in [5.74, 6) is -0.622. The molecule has 1 N–H and O–H groups in total. The van der Waals surface area contributed by atoms with Crippen molar-refractivity contribution in [1.82, 2.24) is 0 Å². The first-order valence-corrected chi connectivity index (χ1v) is 8.36. The van der Waals surface area contributed by atoms with Gasteiger partial charge in [0.25, 0.3) is 5.91 Å². The maximum Gasteiger partial charge on any atom is 0.343 e. The number of carbonyl (C=O) groups is 2. The molecular formula is C19H14Cl2N2O4. The molecule has 0 aliphatic carbocycles. The lowest BCUT2D eigenvalue weighted by atomic mass is 10.1. The third kappa shape index (κ3) is 6.03. The second-order valence-electron chi connectivity index (χ2n) is 5.19. The number of anilines is 1. The number of nitriles is 1. The van der Waals surface area contributed by atoms with E-state index in [2.05, 4.69) is 10.1 Å². The van der Waals surface area contributed by atoms with Gasteiger partial charge in [0.1, 0.15) is 17.4 Å². The first-order chi connectivity index (χ1) is 12.9. The van der Waals surface area contributed by atoms with Crippen LogP contribution >= 0.6 is 23.2 Å². The van der Waals surface area contributed by atoms with E-state index in [0.29, 0.717) is 27.0 Å². The van der Waals surface area contributed by atoms with Gasteiger partial charge in [0.15, 0.2) is 6.61 Å². The van der Waals surface area contributed by atoms with Gasteiger partial charge in [0, 0.05) is 5.69 Å². The molecule has 0 aliphatic rings. The van der Waals surface area contributed by atoms with Crippen molar-refractivity contribution in [3.8, 4) is 11.8 Å². The predicted molar refractivity (Wildman–Crippen MR) is 103 cm³/mol. The fourth-order valence-electron chi connectivity index (χ4n) is 1.95. The lowest BCUT2D eigenvalue weighted by Crippen LogP contribution is -2.13. The van der Waals surface area contributed by atoms with Crippen molar-refractivity contribution in [3.05, 3.63) is 63.6 Å². The van der Waals surface area contributed by atoms with Crippen molar-refractivity contribution in [3.63, 3.8) is 0 Å². The van der Waals surface area contributed by atoms with Gasteiger partial charge in [-0.2, -0.15) is 5.26 Å². The van der Waals surface area contributed by atoms with E-state index in [0.717, 1.165) is 0 Å². The van der Waals surface area contributed by atoms with Crippen LogP contribution in [0.15, 0.2) is 48.0 Å². The lowest BCUT2D eigenvalue weighted by molar-refractivity contribution is -0.142. The minimum absolute atomic E-state index is 0.0932. The molecule has 2 rings (SSSR count). The molecule has 0 radical (unpaired) electrons. The second-order valence-corrected chi connectivity index (χ2v) is 6.00. The number of nitrogens with zero attached hydrogens (tertiary/aromatic N) is 1. The maximum atomic E-state index is 12.3. The first kappa shape index (κ1) is 20.3. The molecule has 8 heteroatoms. The van der Waals surface area contributed by atoms with E-state index in [1.807, 2.05) is 6.07 Å². The lowest BCUT2D eigenvalue weighted by Gasteiger charge is -2.06. The summed E-state index contributed by atoms with van der Waals surface area (Å²) in [6.07, 6.45) is 1.43. The van der Waals surface area contributed by atoms with Crippen LogP contribution in [0.5, 0.6) is 5.75 Å². The fourth-order valence-corrected chi connectivity index (χ4v) is 2.25. The largest absolute Gasteiger partial charge is 0.482 e. The van der Waals surface area contributed by atoms with Crippen LogP contribution in [0.2, 0.25) is 10.0 Å². The van der Waals surface area contributed by atoms with Gasteiger partial charge in [0.2, 0.25) is 0 Å². The summed E-state index contributed by atoms with van der Waals surface area (Å²) < 4.78 is 9.71. The molecule has 0 saturated carbocycles. The standard InChI is InChI=1S/C19H14Cl2N2O4/c1-26-18(24)11-27-15-5-2-12(3-6-15)8-13(10-22)19(25)23-14-4-7-16(20)17(21)9-14/h2-9H,11H2,1H3,(H,23,25)/b13-8+. The second kappa shape index (κ2) is 9.62. The van der Waals surface area contributed by atoms with Gasteiger partial charge >= 0.3 is 5.97 Å². The van der Waals surface area contributed by atoms with E-state index in [-0.39, 0.29) is 12.2 Å². The van der Waals surface area contributed by atoms with Gasteiger partial charge in [-0.15, -0.1) is 0 Å². The number of nitrogens with one attached hydrogen (secondary N) is 1. The maximum absolute atomic E-state index is 12.3. The predicted octanol–water partition coefficient (Wildman–Crippen LogP) is 4.09. The molecule has 0 heterocycles. The summed E-state index contributed by atoms with van der Waals surface area (Å²) in [6, 6.07) is 13.0. The number of carbonyl (C=O) groups excluding carboxylic acids is 2. The average Bonchev–Trinajstić information content (AvgIpc) is 2.67. The molecule has 6 nitrogen and oxygen atoms in total. The number of ether oxygens (including phenoxy) is 2. The van der Waals surface area contributed by atoms with E-state index in [9.17, 15) is 14.9 Å². The summed E-state index contributed by atoms with van der Waals surface area (Å²) in [6.45, 7) is -0.207. The van der Waals surface area contributed by atoms with Crippen molar-refractivity contribution in [1.29, 1.82) is 5.26 Å². The normalized spacial score (nSPS) is 10.7. The van der Waals surface area contributed by atoms with Crippen LogP contribution in [0.25, 0.3) is 6.08 Å². The number of hydrogen-bond donors (Lipinski definition) is 1. The van der Waals surface area contributed by atoms with Crippen LogP contribution in [0, 0.1) is 11.3 Å². The Kier molecular flexibility index (Phi) is 7.24. The van der Waals surface area contributed by atoms with Crippen LogP contribution in [0.4, 0.5) is 5.69 Å². The number of rotatable bonds is 6. The molecule has 0 aromatic heterocycles. The van der Waals surface area contributed by atoms with Crippen molar-refractivity contribution in [2.75, 3.05) is 19.0 Å². The minimum Gasteiger partial charge on any atom is -0.482 e. The Balaban J connectivity index is 2.08. The summed E-state index contributed by atoms with van der Waals surface area (Å²) in [5, 5.41) is 12.5. The zero-order valence-electron chi connectivity index (χ0n) is 14.2. The molecule has 138 valence electrons.